The van der Waals surface area contributed by atoms with E-state index in [2.05, 4.69) is 4.18 Å². The third-order valence-electron chi connectivity index (χ3n) is 1.43. The summed E-state index contributed by atoms with van der Waals surface area (Å²) in [5, 5.41) is 0. The second kappa shape index (κ2) is 3.45. The highest BCUT2D eigenvalue weighted by molar-refractivity contribution is 7.85. The van der Waals surface area contributed by atoms with Crippen LogP contribution in [-0.2, 0) is 24.1 Å². The highest BCUT2D eigenvalue weighted by atomic mass is 32.2. The molecule has 1 rings (SSSR count). The molecule has 86 valence electrons. The minimum absolute atomic E-state index is 0.445. The summed E-state index contributed by atoms with van der Waals surface area (Å²) in [5.74, 6) is -2.46. The fourth-order valence-corrected chi connectivity index (χ4v) is 1.96. The summed E-state index contributed by atoms with van der Waals surface area (Å²) in [7, 11) is -5.41. The predicted molar refractivity (Wildman–Crippen MR) is 37.1 cm³/mol. The van der Waals surface area contributed by atoms with Gasteiger partial charge in [0.1, 0.15) is 0 Å². The lowest BCUT2D eigenvalue weighted by molar-refractivity contribution is -0.273. The lowest BCUT2D eigenvalue weighted by atomic mass is 10.4. The van der Waals surface area contributed by atoms with Gasteiger partial charge in [-0.2, -0.15) is 16.9 Å². The zero-order chi connectivity index (χ0) is 11.9. The van der Waals surface area contributed by atoms with Gasteiger partial charge in [0.15, 0.2) is 0 Å². The van der Waals surface area contributed by atoms with Gasteiger partial charge in [-0.05, 0) is 0 Å². The number of amides is 2. The van der Waals surface area contributed by atoms with E-state index in [1.165, 1.54) is 0 Å². The van der Waals surface area contributed by atoms with E-state index in [-0.39, 0.29) is 0 Å². The molecule has 0 aromatic rings. The first-order chi connectivity index (χ1) is 6.63. The van der Waals surface area contributed by atoms with Crippen molar-refractivity contribution in [3.8, 4) is 0 Å². The van der Waals surface area contributed by atoms with Crippen LogP contribution in [0.2, 0.25) is 0 Å². The van der Waals surface area contributed by atoms with Crippen LogP contribution < -0.4 is 0 Å². The van der Waals surface area contributed by atoms with Crippen LogP contribution in [0.4, 0.5) is 13.2 Å². The Labute approximate surface area is 81.9 Å². The maximum absolute atomic E-state index is 11.6. The average molecular weight is 247 g/mol. The first-order valence-electron chi connectivity index (χ1n) is 3.52. The lowest BCUT2D eigenvalue weighted by Crippen LogP contribution is -2.39. The summed E-state index contributed by atoms with van der Waals surface area (Å²) in [5.41, 5.74) is 0. The second-order valence-electron chi connectivity index (χ2n) is 2.54. The molecule has 0 spiro atoms. The molecule has 0 unspecified atom stereocenters. The minimum Gasteiger partial charge on any atom is -0.273 e. The van der Waals surface area contributed by atoms with Crippen molar-refractivity contribution in [3.05, 3.63) is 0 Å². The van der Waals surface area contributed by atoms with Gasteiger partial charge in [-0.25, -0.2) is 0 Å². The molecular weight excluding hydrogens is 243 g/mol. The molecule has 10 heteroatoms. The molecular formula is C5H4F3NO5S. The minimum atomic E-state index is -5.47. The summed E-state index contributed by atoms with van der Waals surface area (Å²) in [6.45, 7) is 0. The van der Waals surface area contributed by atoms with Gasteiger partial charge in [0.2, 0.25) is 11.8 Å². The van der Waals surface area contributed by atoms with Gasteiger partial charge in [0.25, 0.3) is 0 Å². The molecule has 0 N–H and O–H groups in total. The van der Waals surface area contributed by atoms with Gasteiger partial charge in [-0.1, -0.05) is 0 Å². The quantitative estimate of drug-likeness (QED) is 0.637. The van der Waals surface area contributed by atoms with Crippen LogP contribution in [0.3, 0.4) is 0 Å². The van der Waals surface area contributed by atoms with E-state index in [1.54, 1.807) is 0 Å². The van der Waals surface area contributed by atoms with Gasteiger partial charge in [0.05, 0.1) is 0 Å². The number of carbonyl (C=O) groups excluding carboxylic acids is 2. The molecule has 1 saturated heterocycles. The van der Waals surface area contributed by atoms with Crippen molar-refractivity contribution in [2.45, 2.75) is 19.2 Å². The molecule has 15 heavy (non-hydrogen) atoms. The normalized spacial score (nSPS) is 18.7. The number of alkyl halides is 3. The van der Waals surface area contributed by atoms with Gasteiger partial charge >= 0.3 is 16.7 Å². The molecule has 2 amide bonds. The van der Waals surface area contributed by atoms with Crippen LogP contribution in [0, 0.1) is 0 Å². The molecule has 0 aliphatic carbocycles. The highest BCUT2D eigenvalue weighted by Crippen LogP contribution is 2.25. The smallest absolute Gasteiger partial charge is 0.273 e. The van der Waals surface area contributed by atoms with Crippen LogP contribution in [0.25, 0.3) is 0 Å². The number of hydrogen-bond donors (Lipinski definition) is 0. The van der Waals surface area contributed by atoms with Gasteiger partial charge in [-0.15, -0.1) is 13.2 Å². The van der Waals surface area contributed by atoms with E-state index in [0.29, 0.717) is 0 Å². The number of rotatable bonds is 2. The van der Waals surface area contributed by atoms with Crippen molar-refractivity contribution in [1.29, 1.82) is 0 Å². The molecule has 0 bridgehead atoms. The van der Waals surface area contributed by atoms with Gasteiger partial charge in [-0.3, -0.25) is 9.59 Å². The number of halogens is 3. The van der Waals surface area contributed by atoms with Crippen LogP contribution in [0.15, 0.2) is 0 Å². The van der Waals surface area contributed by atoms with Crippen molar-refractivity contribution < 1.29 is 35.4 Å². The largest absolute Gasteiger partial charge is 0.538 e. The van der Waals surface area contributed by atoms with E-state index in [4.69, 9.17) is 0 Å². The van der Waals surface area contributed by atoms with Crippen LogP contribution in [-0.4, -0.2) is 30.9 Å². The summed E-state index contributed by atoms with van der Waals surface area (Å²) in [6, 6.07) is 0. The maximum Gasteiger partial charge on any atom is 0.538 e. The fraction of sp³-hybridized carbons (Fsp3) is 0.600. The summed E-state index contributed by atoms with van der Waals surface area (Å²) in [6.07, 6.45) is -6.36. The van der Waals surface area contributed by atoms with Gasteiger partial charge < -0.3 is 0 Å². The Balaban J connectivity index is 2.96. The molecule has 0 atom stereocenters. The zero-order valence-corrected chi connectivity index (χ0v) is 7.76. The van der Waals surface area contributed by atoms with Crippen molar-refractivity contribution in [3.63, 3.8) is 0 Å². The molecule has 1 heterocycles. The monoisotopic (exact) mass is 247 g/mol. The standard InChI is InChI=1S/C5H4F3NO5S/c6-5(7,8)14-15(12,13)9-3(10)1-2-4(9)11/h1-2H2. The Morgan fingerprint density at radius 3 is 1.87 bits per heavy atom. The third kappa shape index (κ3) is 2.65. The van der Waals surface area contributed by atoms with Crippen LogP contribution in [0.1, 0.15) is 12.8 Å². The summed E-state index contributed by atoms with van der Waals surface area (Å²) in [4.78, 5) is 21.6. The molecule has 0 aromatic heterocycles. The number of carbonyl (C=O) groups is 2. The molecule has 1 aliphatic rings. The Morgan fingerprint density at radius 1 is 1.13 bits per heavy atom. The SMILES string of the molecule is O=C1CCC(=O)N1S(=O)(=O)OC(F)(F)F. The molecule has 6 nitrogen and oxygen atoms in total. The number of nitrogens with zero attached hydrogens (tertiary/aromatic N) is 1. The topological polar surface area (TPSA) is 80.8 Å². The summed E-state index contributed by atoms with van der Waals surface area (Å²) >= 11 is 0. The summed E-state index contributed by atoms with van der Waals surface area (Å²) < 4.78 is 58.6. The predicted octanol–water partition coefficient (Wildman–Crippen LogP) is -0.0834. The lowest BCUT2D eigenvalue weighted by Gasteiger charge is -2.14. The maximum atomic E-state index is 11.6. The molecule has 1 fully saturated rings. The first kappa shape index (κ1) is 11.9. The number of hydrogen-bond acceptors (Lipinski definition) is 5. The van der Waals surface area contributed by atoms with E-state index >= 15 is 0 Å². The Hall–Kier alpha value is -1.16. The average Bonchev–Trinajstić information content (AvgIpc) is 2.25. The molecule has 0 saturated carbocycles. The number of imide groups is 1. The van der Waals surface area contributed by atoms with Crippen molar-refractivity contribution in [2.75, 3.05) is 0 Å². The van der Waals surface area contributed by atoms with Crippen molar-refractivity contribution >= 4 is 22.1 Å². The Kier molecular flexibility index (Phi) is 2.74. The third-order valence-corrected chi connectivity index (χ3v) is 2.68. The second-order valence-corrected chi connectivity index (χ2v) is 3.93. The van der Waals surface area contributed by atoms with Crippen molar-refractivity contribution in [2.24, 2.45) is 0 Å². The van der Waals surface area contributed by atoms with E-state index in [1.807, 2.05) is 0 Å². The van der Waals surface area contributed by atoms with E-state index in [9.17, 15) is 31.2 Å². The zero-order valence-electron chi connectivity index (χ0n) is 6.94. The van der Waals surface area contributed by atoms with Crippen LogP contribution >= 0.6 is 0 Å². The highest BCUT2D eigenvalue weighted by Gasteiger charge is 2.46. The first-order valence-corrected chi connectivity index (χ1v) is 4.88. The van der Waals surface area contributed by atoms with E-state index in [0.717, 1.165) is 0 Å². The molecule has 0 radical (unpaired) electrons. The Morgan fingerprint density at radius 2 is 1.53 bits per heavy atom. The Bertz CT molecular complexity index is 383. The van der Waals surface area contributed by atoms with Crippen molar-refractivity contribution in [1.82, 2.24) is 4.31 Å². The van der Waals surface area contributed by atoms with E-state index < -0.39 is 45.6 Å². The van der Waals surface area contributed by atoms with Crippen LogP contribution in [0.5, 0.6) is 0 Å². The molecule has 0 aromatic carbocycles. The van der Waals surface area contributed by atoms with Gasteiger partial charge in [0, 0.05) is 12.8 Å². The molecule has 1 aliphatic heterocycles. The fourth-order valence-electron chi connectivity index (χ4n) is 0.962.